The molecule has 0 atom stereocenters. The van der Waals surface area contributed by atoms with Gasteiger partial charge in [0, 0.05) is 50.6 Å². The van der Waals surface area contributed by atoms with Crippen molar-refractivity contribution >= 4 is 28.9 Å². The fourth-order valence-corrected chi connectivity index (χ4v) is 4.85. The van der Waals surface area contributed by atoms with Crippen molar-refractivity contribution in [2.75, 3.05) is 68.6 Å². The van der Waals surface area contributed by atoms with Gasteiger partial charge >= 0.3 is 0 Å². The highest BCUT2D eigenvalue weighted by Gasteiger charge is 2.25. The van der Waals surface area contributed by atoms with Crippen LogP contribution in [0.15, 0.2) is 66.7 Å². The molecular formula is C30H36N4O4. The molecule has 8 heteroatoms. The average molecular weight is 517 g/mol. The summed E-state index contributed by atoms with van der Waals surface area (Å²) < 4.78 is 10.9. The molecule has 0 radical (unpaired) electrons. The van der Waals surface area contributed by atoms with Crippen molar-refractivity contribution in [2.45, 2.75) is 13.8 Å². The fraction of sp³-hybridized carbons (Fsp3) is 0.333. The van der Waals surface area contributed by atoms with Crippen molar-refractivity contribution < 1.29 is 19.1 Å². The van der Waals surface area contributed by atoms with E-state index in [4.69, 9.17) is 9.47 Å². The van der Waals surface area contributed by atoms with Gasteiger partial charge < -0.3 is 29.5 Å². The third-order valence-electron chi connectivity index (χ3n) is 6.93. The third kappa shape index (κ3) is 5.69. The van der Waals surface area contributed by atoms with Crippen LogP contribution in [0.3, 0.4) is 0 Å². The Morgan fingerprint density at radius 2 is 1.34 bits per heavy atom. The number of carbonyl (C=O) groups excluding carboxylic acids is 2. The van der Waals surface area contributed by atoms with Crippen LogP contribution in [0.4, 0.5) is 17.1 Å². The first-order chi connectivity index (χ1) is 18.5. The summed E-state index contributed by atoms with van der Waals surface area (Å²) in [6.07, 6.45) is 0. The molecule has 1 aliphatic heterocycles. The van der Waals surface area contributed by atoms with E-state index < -0.39 is 0 Å². The van der Waals surface area contributed by atoms with Crippen LogP contribution in [0.2, 0.25) is 0 Å². The molecule has 0 aromatic heterocycles. The van der Waals surface area contributed by atoms with Crippen LogP contribution in [-0.2, 0) is 0 Å². The van der Waals surface area contributed by atoms with Gasteiger partial charge in [-0.2, -0.15) is 0 Å². The van der Waals surface area contributed by atoms with Gasteiger partial charge in [-0.15, -0.1) is 0 Å². The number of amides is 2. The number of piperazine rings is 1. The summed E-state index contributed by atoms with van der Waals surface area (Å²) in [5.74, 6) is 1.01. The van der Waals surface area contributed by atoms with Gasteiger partial charge in [0.15, 0.2) is 0 Å². The number of carbonyl (C=O) groups is 2. The second kappa shape index (κ2) is 12.4. The molecule has 1 saturated heterocycles. The normalized spacial score (nSPS) is 13.2. The second-order valence-corrected chi connectivity index (χ2v) is 9.01. The summed E-state index contributed by atoms with van der Waals surface area (Å²) in [5.41, 5.74) is 3.52. The Bertz CT molecular complexity index is 1270. The molecule has 3 aromatic rings. The van der Waals surface area contributed by atoms with Gasteiger partial charge in [0.05, 0.1) is 31.0 Å². The van der Waals surface area contributed by atoms with E-state index in [1.54, 1.807) is 36.3 Å². The average Bonchev–Trinajstić information content (AvgIpc) is 2.97. The topological polar surface area (TPSA) is 74.4 Å². The monoisotopic (exact) mass is 516 g/mol. The van der Waals surface area contributed by atoms with E-state index in [0.29, 0.717) is 35.7 Å². The largest absolute Gasteiger partial charge is 0.496 e. The Morgan fingerprint density at radius 3 is 1.97 bits per heavy atom. The zero-order valence-corrected chi connectivity index (χ0v) is 22.6. The molecule has 1 aliphatic rings. The van der Waals surface area contributed by atoms with Crippen LogP contribution in [0.1, 0.15) is 34.6 Å². The van der Waals surface area contributed by atoms with Crippen LogP contribution in [0.5, 0.6) is 11.5 Å². The van der Waals surface area contributed by atoms with Gasteiger partial charge in [-0.3, -0.25) is 9.59 Å². The number of benzene rings is 3. The lowest BCUT2D eigenvalue weighted by atomic mass is 10.1. The fourth-order valence-electron chi connectivity index (χ4n) is 4.85. The van der Waals surface area contributed by atoms with Crippen molar-refractivity contribution in [3.05, 3.63) is 77.9 Å². The molecule has 8 nitrogen and oxygen atoms in total. The molecule has 3 aromatic carbocycles. The van der Waals surface area contributed by atoms with E-state index in [-0.39, 0.29) is 11.8 Å². The molecule has 0 spiro atoms. The quantitative estimate of drug-likeness (QED) is 0.442. The first kappa shape index (κ1) is 26.9. The van der Waals surface area contributed by atoms with Gasteiger partial charge in [-0.05, 0) is 56.3 Å². The number of rotatable bonds is 9. The van der Waals surface area contributed by atoms with Gasteiger partial charge in [0.25, 0.3) is 11.8 Å². The van der Waals surface area contributed by atoms with Crippen LogP contribution in [0, 0.1) is 0 Å². The predicted octanol–water partition coefficient (Wildman–Crippen LogP) is 4.76. The number of nitrogens with zero attached hydrogens (tertiary/aromatic N) is 3. The predicted molar refractivity (Wildman–Crippen MR) is 152 cm³/mol. The van der Waals surface area contributed by atoms with Crippen LogP contribution >= 0.6 is 0 Å². The highest BCUT2D eigenvalue weighted by Crippen LogP contribution is 2.31. The molecule has 2 amide bonds. The SMILES string of the molecule is CCN(CC)C(=O)c1cc(NC(=O)c2ccccc2OC)ccc1N1CCN(c2ccccc2OC)CC1. The molecule has 1 fully saturated rings. The maximum Gasteiger partial charge on any atom is 0.259 e. The Morgan fingerprint density at radius 1 is 0.763 bits per heavy atom. The summed E-state index contributed by atoms with van der Waals surface area (Å²) in [7, 11) is 3.23. The second-order valence-electron chi connectivity index (χ2n) is 9.01. The number of hydrogen-bond donors (Lipinski definition) is 1. The van der Waals surface area contributed by atoms with E-state index in [1.807, 2.05) is 50.2 Å². The molecule has 0 saturated carbocycles. The number of anilines is 3. The molecule has 0 bridgehead atoms. The van der Waals surface area contributed by atoms with Gasteiger partial charge in [-0.1, -0.05) is 24.3 Å². The molecule has 1 heterocycles. The summed E-state index contributed by atoms with van der Waals surface area (Å²) in [4.78, 5) is 33.0. The Kier molecular flexibility index (Phi) is 8.73. The highest BCUT2D eigenvalue weighted by molar-refractivity contribution is 6.07. The Labute approximate surface area is 224 Å². The number of ether oxygens (including phenoxy) is 2. The lowest BCUT2D eigenvalue weighted by Crippen LogP contribution is -2.47. The van der Waals surface area contributed by atoms with E-state index in [0.717, 1.165) is 43.3 Å². The van der Waals surface area contributed by atoms with Gasteiger partial charge in [-0.25, -0.2) is 0 Å². The zero-order valence-electron chi connectivity index (χ0n) is 22.6. The summed E-state index contributed by atoms with van der Waals surface area (Å²) in [6.45, 7) is 8.26. The summed E-state index contributed by atoms with van der Waals surface area (Å²) >= 11 is 0. The van der Waals surface area contributed by atoms with Crippen LogP contribution in [0.25, 0.3) is 0 Å². The minimum absolute atomic E-state index is 0.0504. The van der Waals surface area contributed by atoms with E-state index in [2.05, 4.69) is 21.2 Å². The zero-order chi connectivity index (χ0) is 27.1. The van der Waals surface area contributed by atoms with E-state index in [1.165, 1.54) is 7.11 Å². The number of para-hydroxylation sites is 3. The molecule has 0 unspecified atom stereocenters. The van der Waals surface area contributed by atoms with E-state index >= 15 is 0 Å². The number of nitrogens with one attached hydrogen (secondary N) is 1. The van der Waals surface area contributed by atoms with Gasteiger partial charge in [0.1, 0.15) is 11.5 Å². The molecule has 4 rings (SSSR count). The number of methoxy groups -OCH3 is 2. The van der Waals surface area contributed by atoms with Crippen molar-refractivity contribution in [3.8, 4) is 11.5 Å². The van der Waals surface area contributed by atoms with E-state index in [9.17, 15) is 9.59 Å². The standard InChI is InChI=1S/C30H36N4O4/c1-5-32(6-2)30(36)24-21-22(31-29(35)23-11-7-9-13-27(23)37-3)15-16-25(24)33-17-19-34(20-18-33)26-12-8-10-14-28(26)38-4/h7-16,21H,5-6,17-20H2,1-4H3,(H,31,35). The minimum atomic E-state index is -0.290. The Hall–Kier alpha value is -4.20. The maximum absolute atomic E-state index is 13.6. The Balaban J connectivity index is 1.59. The highest BCUT2D eigenvalue weighted by atomic mass is 16.5. The van der Waals surface area contributed by atoms with Crippen molar-refractivity contribution in [3.63, 3.8) is 0 Å². The minimum Gasteiger partial charge on any atom is -0.496 e. The van der Waals surface area contributed by atoms with Gasteiger partial charge in [0.2, 0.25) is 0 Å². The maximum atomic E-state index is 13.6. The molecule has 200 valence electrons. The van der Waals surface area contributed by atoms with Crippen molar-refractivity contribution in [1.82, 2.24) is 4.90 Å². The van der Waals surface area contributed by atoms with Crippen LogP contribution in [-0.4, -0.2) is 70.2 Å². The first-order valence-corrected chi connectivity index (χ1v) is 13.0. The lowest BCUT2D eigenvalue weighted by Gasteiger charge is -2.38. The third-order valence-corrected chi connectivity index (χ3v) is 6.93. The summed E-state index contributed by atoms with van der Waals surface area (Å²) in [6, 6.07) is 20.7. The lowest BCUT2D eigenvalue weighted by molar-refractivity contribution is 0.0773. The van der Waals surface area contributed by atoms with Crippen LogP contribution < -0.4 is 24.6 Å². The smallest absolute Gasteiger partial charge is 0.259 e. The first-order valence-electron chi connectivity index (χ1n) is 13.0. The van der Waals surface area contributed by atoms with Crippen molar-refractivity contribution in [2.24, 2.45) is 0 Å². The molecule has 0 aliphatic carbocycles. The molecule has 38 heavy (non-hydrogen) atoms. The molecule has 1 N–H and O–H groups in total. The van der Waals surface area contributed by atoms with Crippen molar-refractivity contribution in [1.29, 1.82) is 0 Å². The number of hydrogen-bond acceptors (Lipinski definition) is 6. The summed E-state index contributed by atoms with van der Waals surface area (Å²) in [5, 5.41) is 2.94. The molecular weight excluding hydrogens is 480 g/mol.